The van der Waals surface area contributed by atoms with Crippen LogP contribution in [0.3, 0.4) is 0 Å². The molecule has 24 heavy (non-hydrogen) atoms. The zero-order chi connectivity index (χ0) is 17.5. The van der Waals surface area contributed by atoms with Gasteiger partial charge in [-0.05, 0) is 25.7 Å². The number of nitrogens with zero attached hydrogens (tertiary/aromatic N) is 2. The molecule has 0 aromatic heterocycles. The largest absolute Gasteiger partial charge is 0.393 e. The minimum absolute atomic E-state index is 0.00464. The van der Waals surface area contributed by atoms with Crippen molar-refractivity contribution in [3.63, 3.8) is 0 Å². The molecule has 0 aromatic rings. The molecular weight excluding hydrogens is 325 g/mol. The maximum atomic E-state index is 12.8. The van der Waals surface area contributed by atoms with Crippen molar-refractivity contribution >= 4 is 17.7 Å². The standard InChI is InChI=1S/C16H19F3N2O3/c17-16(18,19)10-4-3-7-20(8-10)13(22)9-21-14(23)11-5-1-2-6-12(11)15(21)24/h1-2,10-12H,3-9H2. The van der Waals surface area contributed by atoms with E-state index in [4.69, 9.17) is 0 Å². The Bertz CT molecular complexity index is 562. The fourth-order valence-electron chi connectivity index (χ4n) is 3.73. The van der Waals surface area contributed by atoms with Crippen molar-refractivity contribution < 1.29 is 27.6 Å². The number of piperidine rings is 1. The van der Waals surface area contributed by atoms with Crippen molar-refractivity contribution in [2.24, 2.45) is 17.8 Å². The van der Waals surface area contributed by atoms with Crippen molar-refractivity contribution in [1.29, 1.82) is 0 Å². The number of likely N-dealkylation sites (tertiary alicyclic amines) is 2. The van der Waals surface area contributed by atoms with E-state index in [1.54, 1.807) is 0 Å². The molecule has 8 heteroatoms. The molecule has 5 nitrogen and oxygen atoms in total. The van der Waals surface area contributed by atoms with Gasteiger partial charge in [-0.1, -0.05) is 12.2 Å². The molecule has 3 unspecified atom stereocenters. The highest BCUT2D eigenvalue weighted by atomic mass is 19.4. The Hall–Kier alpha value is -1.86. The van der Waals surface area contributed by atoms with Crippen LogP contribution in [-0.4, -0.2) is 53.3 Å². The summed E-state index contributed by atoms with van der Waals surface area (Å²) in [5.41, 5.74) is 0. The highest BCUT2D eigenvalue weighted by Crippen LogP contribution is 2.36. The Morgan fingerprint density at radius 2 is 1.71 bits per heavy atom. The first-order valence-corrected chi connectivity index (χ1v) is 8.13. The predicted molar refractivity (Wildman–Crippen MR) is 77.4 cm³/mol. The lowest BCUT2D eigenvalue weighted by atomic mass is 9.85. The molecule has 3 aliphatic rings. The predicted octanol–water partition coefficient (Wildman–Crippen LogP) is 1.74. The molecule has 3 atom stereocenters. The second-order valence-corrected chi connectivity index (χ2v) is 6.64. The van der Waals surface area contributed by atoms with Crippen LogP contribution in [0, 0.1) is 17.8 Å². The molecule has 2 aliphatic heterocycles. The van der Waals surface area contributed by atoms with Gasteiger partial charge in [0.25, 0.3) is 0 Å². The molecule has 1 aliphatic carbocycles. The van der Waals surface area contributed by atoms with E-state index in [2.05, 4.69) is 0 Å². The van der Waals surface area contributed by atoms with Crippen LogP contribution in [0.4, 0.5) is 13.2 Å². The highest BCUT2D eigenvalue weighted by molar-refractivity contribution is 6.07. The van der Waals surface area contributed by atoms with E-state index in [1.165, 1.54) is 0 Å². The van der Waals surface area contributed by atoms with Crippen molar-refractivity contribution in [3.05, 3.63) is 12.2 Å². The van der Waals surface area contributed by atoms with E-state index < -0.39 is 42.9 Å². The topological polar surface area (TPSA) is 57.7 Å². The Labute approximate surface area is 137 Å². The second kappa shape index (κ2) is 6.22. The van der Waals surface area contributed by atoms with Gasteiger partial charge in [0.2, 0.25) is 17.7 Å². The number of hydrogen-bond donors (Lipinski definition) is 0. The van der Waals surface area contributed by atoms with Gasteiger partial charge in [0, 0.05) is 13.1 Å². The summed E-state index contributed by atoms with van der Waals surface area (Å²) >= 11 is 0. The summed E-state index contributed by atoms with van der Waals surface area (Å²) in [6, 6.07) is 0. The van der Waals surface area contributed by atoms with Gasteiger partial charge in [-0.15, -0.1) is 0 Å². The number of allylic oxidation sites excluding steroid dienone is 2. The maximum absolute atomic E-state index is 12.8. The molecule has 2 fully saturated rings. The highest BCUT2D eigenvalue weighted by Gasteiger charge is 2.48. The molecule has 0 N–H and O–H groups in total. The molecule has 0 radical (unpaired) electrons. The molecule has 3 rings (SSSR count). The van der Waals surface area contributed by atoms with Crippen LogP contribution >= 0.6 is 0 Å². The molecule has 0 aromatic carbocycles. The SMILES string of the molecule is O=C(CN1C(=O)C2CC=CCC2C1=O)N1CCCC(C(F)(F)F)C1. The third kappa shape index (κ3) is 3.06. The minimum Gasteiger partial charge on any atom is -0.341 e. The van der Waals surface area contributed by atoms with E-state index >= 15 is 0 Å². The van der Waals surface area contributed by atoms with Crippen molar-refractivity contribution in [3.8, 4) is 0 Å². The van der Waals surface area contributed by atoms with Crippen LogP contribution in [0.1, 0.15) is 25.7 Å². The number of alkyl halides is 3. The fraction of sp³-hybridized carbons (Fsp3) is 0.688. The van der Waals surface area contributed by atoms with Gasteiger partial charge in [-0.2, -0.15) is 13.2 Å². The third-order valence-corrected chi connectivity index (χ3v) is 5.13. The first-order valence-electron chi connectivity index (χ1n) is 8.13. The molecule has 3 amide bonds. The zero-order valence-corrected chi connectivity index (χ0v) is 13.1. The van der Waals surface area contributed by atoms with E-state index in [-0.39, 0.29) is 31.2 Å². The van der Waals surface area contributed by atoms with Crippen LogP contribution in [0.5, 0.6) is 0 Å². The average Bonchev–Trinajstić information content (AvgIpc) is 2.80. The van der Waals surface area contributed by atoms with Crippen molar-refractivity contribution in [2.45, 2.75) is 31.9 Å². The normalized spacial score (nSPS) is 30.7. The Kier molecular flexibility index (Phi) is 4.40. The molecule has 0 spiro atoms. The van der Waals surface area contributed by atoms with Gasteiger partial charge in [0.05, 0.1) is 17.8 Å². The summed E-state index contributed by atoms with van der Waals surface area (Å²) in [5, 5.41) is 0. The molecule has 2 heterocycles. The number of rotatable bonds is 2. The van der Waals surface area contributed by atoms with E-state index in [0.717, 1.165) is 9.80 Å². The minimum atomic E-state index is -4.33. The van der Waals surface area contributed by atoms with Gasteiger partial charge >= 0.3 is 6.18 Å². The first-order chi connectivity index (χ1) is 11.3. The van der Waals surface area contributed by atoms with Crippen LogP contribution in [-0.2, 0) is 14.4 Å². The quantitative estimate of drug-likeness (QED) is 0.566. The van der Waals surface area contributed by atoms with Crippen molar-refractivity contribution in [1.82, 2.24) is 9.80 Å². The smallest absolute Gasteiger partial charge is 0.341 e. The van der Waals surface area contributed by atoms with Gasteiger partial charge in [-0.3, -0.25) is 19.3 Å². The summed E-state index contributed by atoms with van der Waals surface area (Å²) in [6.45, 7) is -0.613. The van der Waals surface area contributed by atoms with E-state index in [9.17, 15) is 27.6 Å². The zero-order valence-electron chi connectivity index (χ0n) is 13.1. The lowest BCUT2D eigenvalue weighted by Gasteiger charge is -2.34. The summed E-state index contributed by atoms with van der Waals surface area (Å²) in [7, 11) is 0. The Morgan fingerprint density at radius 1 is 1.12 bits per heavy atom. The number of hydrogen-bond acceptors (Lipinski definition) is 3. The van der Waals surface area contributed by atoms with Crippen LogP contribution in [0.15, 0.2) is 12.2 Å². The number of carbonyl (C=O) groups is 3. The summed E-state index contributed by atoms with van der Waals surface area (Å²) in [6.07, 6.45) is 0.572. The second-order valence-electron chi connectivity index (χ2n) is 6.64. The van der Waals surface area contributed by atoms with Crippen LogP contribution in [0.2, 0.25) is 0 Å². The van der Waals surface area contributed by atoms with Gasteiger partial charge in [0.15, 0.2) is 0 Å². The molecule has 132 valence electrons. The number of amides is 3. The number of fused-ring (bicyclic) bond motifs is 1. The van der Waals surface area contributed by atoms with Crippen LogP contribution in [0.25, 0.3) is 0 Å². The lowest BCUT2D eigenvalue weighted by Crippen LogP contribution is -2.49. The molecule has 0 bridgehead atoms. The average molecular weight is 344 g/mol. The number of halogens is 3. The van der Waals surface area contributed by atoms with Crippen LogP contribution < -0.4 is 0 Å². The molecule has 2 saturated heterocycles. The van der Waals surface area contributed by atoms with Gasteiger partial charge in [-0.25, -0.2) is 0 Å². The third-order valence-electron chi connectivity index (χ3n) is 5.13. The summed E-state index contributed by atoms with van der Waals surface area (Å²) < 4.78 is 38.5. The number of carbonyl (C=O) groups excluding carboxylic acids is 3. The molecule has 0 saturated carbocycles. The maximum Gasteiger partial charge on any atom is 0.393 e. The summed E-state index contributed by atoms with van der Waals surface area (Å²) in [5.74, 6) is -3.75. The first kappa shape index (κ1) is 17.0. The van der Waals surface area contributed by atoms with Crippen molar-refractivity contribution in [2.75, 3.05) is 19.6 Å². The van der Waals surface area contributed by atoms with E-state index in [1.807, 2.05) is 12.2 Å². The Balaban J connectivity index is 1.64. The van der Waals surface area contributed by atoms with Gasteiger partial charge in [0.1, 0.15) is 6.54 Å². The number of imide groups is 1. The Morgan fingerprint density at radius 3 is 2.25 bits per heavy atom. The lowest BCUT2D eigenvalue weighted by molar-refractivity contribution is -0.188. The fourth-order valence-corrected chi connectivity index (χ4v) is 3.73. The summed E-state index contributed by atoms with van der Waals surface area (Å²) in [4.78, 5) is 39.0. The molecular formula is C16H19F3N2O3. The monoisotopic (exact) mass is 344 g/mol. The van der Waals surface area contributed by atoms with Gasteiger partial charge < -0.3 is 4.90 Å². The van der Waals surface area contributed by atoms with E-state index in [0.29, 0.717) is 12.8 Å².